The Balaban J connectivity index is 2.14. The van der Waals surface area contributed by atoms with Crippen LogP contribution in [0.2, 0.25) is 0 Å². The minimum Gasteiger partial charge on any atom is -0.490 e. The topological polar surface area (TPSA) is 67.8 Å². The zero-order valence-electron chi connectivity index (χ0n) is 12.8. The minimum absolute atomic E-state index is 0.0189. The van der Waals surface area contributed by atoms with Crippen LogP contribution in [0.4, 0.5) is 0 Å². The normalized spacial score (nSPS) is 17.1. The fourth-order valence-electron chi connectivity index (χ4n) is 2.36. The third-order valence-electron chi connectivity index (χ3n) is 3.63. The van der Waals surface area contributed by atoms with Gasteiger partial charge in [0.1, 0.15) is 6.04 Å². The van der Waals surface area contributed by atoms with Crippen LogP contribution in [0.25, 0.3) is 0 Å². The van der Waals surface area contributed by atoms with Gasteiger partial charge in [-0.2, -0.15) is 0 Å². The van der Waals surface area contributed by atoms with Crippen molar-refractivity contribution in [2.75, 3.05) is 13.2 Å². The Morgan fingerprint density at radius 3 is 2.48 bits per heavy atom. The van der Waals surface area contributed by atoms with E-state index in [1.807, 2.05) is 39.0 Å². The first kappa shape index (κ1) is 15.6. The fourth-order valence-corrected chi connectivity index (χ4v) is 2.36. The molecule has 0 aliphatic carbocycles. The predicted molar refractivity (Wildman–Crippen MR) is 79.9 cm³/mol. The molecule has 116 valence electrons. The third kappa shape index (κ3) is 3.88. The van der Waals surface area contributed by atoms with Crippen molar-refractivity contribution in [2.45, 2.75) is 39.3 Å². The Kier molecular flexibility index (Phi) is 5.07. The van der Waals surface area contributed by atoms with Gasteiger partial charge in [-0.1, -0.05) is 19.9 Å². The molecule has 0 saturated heterocycles. The van der Waals surface area contributed by atoms with Gasteiger partial charge in [0.15, 0.2) is 11.5 Å². The average molecular weight is 293 g/mol. The molecule has 2 atom stereocenters. The maximum absolute atomic E-state index is 11.3. The summed E-state index contributed by atoms with van der Waals surface area (Å²) in [5.41, 5.74) is 0.992. The molecule has 2 rings (SSSR count). The van der Waals surface area contributed by atoms with E-state index in [-0.39, 0.29) is 12.0 Å². The number of fused-ring (bicyclic) bond motifs is 1. The lowest BCUT2D eigenvalue weighted by atomic mass is 10.0. The van der Waals surface area contributed by atoms with E-state index in [1.54, 1.807) is 0 Å². The number of ether oxygens (including phenoxy) is 2. The lowest BCUT2D eigenvalue weighted by Crippen LogP contribution is -2.42. The second kappa shape index (κ2) is 6.80. The molecule has 5 nitrogen and oxygen atoms in total. The van der Waals surface area contributed by atoms with Gasteiger partial charge in [-0.3, -0.25) is 10.1 Å². The van der Waals surface area contributed by atoms with Gasteiger partial charge in [0.2, 0.25) is 0 Å². The zero-order valence-corrected chi connectivity index (χ0v) is 12.8. The van der Waals surface area contributed by atoms with E-state index in [1.165, 1.54) is 0 Å². The summed E-state index contributed by atoms with van der Waals surface area (Å²) in [6, 6.07) is 5.11. The number of hydrogen-bond acceptors (Lipinski definition) is 4. The predicted octanol–water partition coefficient (Wildman–Crippen LogP) is 2.61. The first-order valence-electron chi connectivity index (χ1n) is 7.37. The van der Waals surface area contributed by atoms with Crippen LogP contribution in [0.15, 0.2) is 18.2 Å². The Morgan fingerprint density at radius 2 is 1.86 bits per heavy atom. The van der Waals surface area contributed by atoms with Gasteiger partial charge >= 0.3 is 5.97 Å². The Labute approximate surface area is 125 Å². The molecule has 1 aromatic carbocycles. The molecule has 1 aliphatic heterocycles. The largest absolute Gasteiger partial charge is 0.490 e. The summed E-state index contributed by atoms with van der Waals surface area (Å²) in [6.07, 6.45) is 0.867. The van der Waals surface area contributed by atoms with Gasteiger partial charge in [0, 0.05) is 12.5 Å². The van der Waals surface area contributed by atoms with Gasteiger partial charge in [0.25, 0.3) is 0 Å². The standard InChI is InChI=1S/C16H23NO4/c1-10(2)15(16(18)19)17-11(3)12-5-6-13-14(9-12)21-8-4-7-20-13/h5-6,9-11,15,17H,4,7-8H2,1-3H3,(H,18,19). The SMILES string of the molecule is CC(NC(C(=O)O)C(C)C)c1ccc2c(c1)OCCCO2. The molecule has 2 unspecified atom stereocenters. The molecule has 1 heterocycles. The lowest BCUT2D eigenvalue weighted by molar-refractivity contribution is -0.140. The van der Waals surface area contributed by atoms with Crippen molar-refractivity contribution in [2.24, 2.45) is 5.92 Å². The highest BCUT2D eigenvalue weighted by molar-refractivity contribution is 5.73. The molecule has 0 amide bonds. The number of carboxylic acids is 1. The lowest BCUT2D eigenvalue weighted by Gasteiger charge is -2.23. The second-order valence-corrected chi connectivity index (χ2v) is 5.70. The molecule has 0 aromatic heterocycles. The van der Waals surface area contributed by atoms with Crippen LogP contribution in [0.3, 0.4) is 0 Å². The number of benzene rings is 1. The van der Waals surface area contributed by atoms with Crippen molar-refractivity contribution >= 4 is 5.97 Å². The Bertz CT molecular complexity index is 501. The highest BCUT2D eigenvalue weighted by Crippen LogP contribution is 2.32. The van der Waals surface area contributed by atoms with Crippen LogP contribution in [-0.4, -0.2) is 30.3 Å². The zero-order chi connectivity index (χ0) is 15.4. The molecule has 0 radical (unpaired) electrons. The smallest absolute Gasteiger partial charge is 0.320 e. The van der Waals surface area contributed by atoms with Crippen LogP contribution in [0, 0.1) is 5.92 Å². The quantitative estimate of drug-likeness (QED) is 0.873. The first-order chi connectivity index (χ1) is 9.99. The number of rotatable bonds is 5. The van der Waals surface area contributed by atoms with Crippen molar-refractivity contribution in [3.63, 3.8) is 0 Å². The van der Waals surface area contributed by atoms with E-state index in [9.17, 15) is 9.90 Å². The summed E-state index contributed by atoms with van der Waals surface area (Å²) in [5.74, 6) is 0.675. The molecule has 0 bridgehead atoms. The Morgan fingerprint density at radius 1 is 1.19 bits per heavy atom. The highest BCUT2D eigenvalue weighted by atomic mass is 16.5. The Hall–Kier alpha value is -1.75. The maximum atomic E-state index is 11.3. The number of nitrogens with one attached hydrogen (secondary N) is 1. The summed E-state index contributed by atoms with van der Waals surface area (Å²) in [7, 11) is 0. The van der Waals surface area contributed by atoms with Crippen LogP contribution in [-0.2, 0) is 4.79 Å². The summed E-state index contributed by atoms with van der Waals surface area (Å²) < 4.78 is 11.3. The summed E-state index contributed by atoms with van der Waals surface area (Å²) in [4.78, 5) is 11.3. The summed E-state index contributed by atoms with van der Waals surface area (Å²) in [6.45, 7) is 7.05. The summed E-state index contributed by atoms with van der Waals surface area (Å²) in [5, 5.41) is 12.4. The van der Waals surface area contributed by atoms with Gasteiger partial charge in [-0.15, -0.1) is 0 Å². The van der Waals surface area contributed by atoms with Crippen molar-refractivity contribution < 1.29 is 19.4 Å². The van der Waals surface area contributed by atoms with E-state index < -0.39 is 12.0 Å². The average Bonchev–Trinajstić information content (AvgIpc) is 2.68. The molecular weight excluding hydrogens is 270 g/mol. The molecule has 0 spiro atoms. The van der Waals surface area contributed by atoms with E-state index in [0.717, 1.165) is 23.5 Å². The highest BCUT2D eigenvalue weighted by Gasteiger charge is 2.24. The first-order valence-corrected chi connectivity index (χ1v) is 7.37. The van der Waals surface area contributed by atoms with Gasteiger partial charge in [-0.25, -0.2) is 0 Å². The van der Waals surface area contributed by atoms with Crippen LogP contribution >= 0.6 is 0 Å². The van der Waals surface area contributed by atoms with Crippen LogP contribution < -0.4 is 14.8 Å². The van der Waals surface area contributed by atoms with E-state index in [4.69, 9.17) is 9.47 Å². The number of carbonyl (C=O) groups is 1. The van der Waals surface area contributed by atoms with Gasteiger partial charge < -0.3 is 14.6 Å². The molecule has 1 aliphatic rings. The van der Waals surface area contributed by atoms with Crippen molar-refractivity contribution in [1.29, 1.82) is 0 Å². The molecule has 0 saturated carbocycles. The second-order valence-electron chi connectivity index (χ2n) is 5.70. The van der Waals surface area contributed by atoms with Gasteiger partial charge in [-0.05, 0) is 30.5 Å². The van der Waals surface area contributed by atoms with Crippen molar-refractivity contribution in [1.82, 2.24) is 5.32 Å². The molecular formula is C16H23NO4. The number of hydrogen-bond donors (Lipinski definition) is 2. The third-order valence-corrected chi connectivity index (χ3v) is 3.63. The minimum atomic E-state index is -0.828. The van der Waals surface area contributed by atoms with E-state index in [2.05, 4.69) is 5.32 Å². The van der Waals surface area contributed by atoms with E-state index >= 15 is 0 Å². The van der Waals surface area contributed by atoms with Gasteiger partial charge in [0.05, 0.1) is 13.2 Å². The number of aliphatic carboxylic acids is 1. The van der Waals surface area contributed by atoms with E-state index in [0.29, 0.717) is 13.2 Å². The van der Waals surface area contributed by atoms with Crippen LogP contribution in [0.5, 0.6) is 11.5 Å². The summed E-state index contributed by atoms with van der Waals surface area (Å²) >= 11 is 0. The molecule has 21 heavy (non-hydrogen) atoms. The van der Waals surface area contributed by atoms with Crippen molar-refractivity contribution in [3.05, 3.63) is 23.8 Å². The molecule has 0 fully saturated rings. The van der Waals surface area contributed by atoms with Crippen molar-refractivity contribution in [3.8, 4) is 11.5 Å². The maximum Gasteiger partial charge on any atom is 0.320 e. The molecule has 1 aromatic rings. The fraction of sp³-hybridized carbons (Fsp3) is 0.562. The molecule has 5 heteroatoms. The number of carboxylic acid groups (broad SMARTS) is 1. The molecule has 2 N–H and O–H groups in total. The monoisotopic (exact) mass is 293 g/mol. The van der Waals surface area contributed by atoms with Crippen LogP contribution in [0.1, 0.15) is 38.8 Å².